The molecule has 1 N–H and O–H groups in total. The number of para-hydroxylation sites is 1. The van der Waals surface area contributed by atoms with Crippen LogP contribution in [0, 0.1) is 4.77 Å². The Hall–Kier alpha value is -1.86. The highest BCUT2D eigenvalue weighted by atomic mass is 32.1. The van der Waals surface area contributed by atoms with Gasteiger partial charge in [0.2, 0.25) is 0 Å². The maximum Gasteiger partial charge on any atom is 0.200 e. The number of aromatic amines is 1. The van der Waals surface area contributed by atoms with Crippen LogP contribution in [0.25, 0.3) is 16.4 Å². The first-order chi connectivity index (χ1) is 9.81. The van der Waals surface area contributed by atoms with Gasteiger partial charge in [-0.1, -0.05) is 36.0 Å². The zero-order valence-electron chi connectivity index (χ0n) is 10.9. The number of aromatic nitrogens is 5. The number of aryl methyl sites for hydroxylation is 1. The molecule has 0 aliphatic rings. The van der Waals surface area contributed by atoms with Gasteiger partial charge < -0.3 is 0 Å². The first-order valence-corrected chi connectivity index (χ1v) is 7.54. The maximum atomic E-state index is 5.35. The smallest absolute Gasteiger partial charge is 0.200 e. The average Bonchev–Trinajstić information content (AvgIpc) is 3.06. The second-order valence-corrected chi connectivity index (χ2v) is 5.46. The molecule has 0 atom stereocenters. The van der Waals surface area contributed by atoms with Crippen molar-refractivity contribution in [2.24, 2.45) is 0 Å². The van der Waals surface area contributed by atoms with Gasteiger partial charge in [0.15, 0.2) is 10.6 Å². The van der Waals surface area contributed by atoms with Gasteiger partial charge in [0.05, 0.1) is 5.69 Å². The summed E-state index contributed by atoms with van der Waals surface area (Å²) in [4.78, 5) is 0.975. The third-order valence-electron chi connectivity index (χ3n) is 2.93. The van der Waals surface area contributed by atoms with Crippen molar-refractivity contribution in [1.29, 1.82) is 0 Å². The highest BCUT2D eigenvalue weighted by Crippen LogP contribution is 2.27. The lowest BCUT2D eigenvalue weighted by Crippen LogP contribution is -1.98. The Morgan fingerprint density at radius 3 is 2.85 bits per heavy atom. The Morgan fingerprint density at radius 1 is 1.30 bits per heavy atom. The molecule has 0 saturated heterocycles. The summed E-state index contributed by atoms with van der Waals surface area (Å²) in [5, 5.41) is 11.4. The highest BCUT2D eigenvalue weighted by molar-refractivity contribution is 7.71. The van der Waals surface area contributed by atoms with E-state index in [1.54, 1.807) is 0 Å². The number of benzene rings is 1. The molecule has 0 bridgehead atoms. The first kappa shape index (κ1) is 13.1. The van der Waals surface area contributed by atoms with Crippen LogP contribution < -0.4 is 0 Å². The Balaban J connectivity index is 2.17. The lowest BCUT2D eigenvalue weighted by atomic mass is 10.2. The van der Waals surface area contributed by atoms with Crippen LogP contribution in [0.1, 0.15) is 19.0 Å². The third-order valence-corrected chi connectivity index (χ3v) is 3.97. The Bertz CT molecular complexity index is 756. The summed E-state index contributed by atoms with van der Waals surface area (Å²) in [6, 6.07) is 9.94. The molecule has 0 aliphatic carbocycles. The van der Waals surface area contributed by atoms with Gasteiger partial charge in [-0.15, -0.1) is 5.10 Å². The van der Waals surface area contributed by atoms with Crippen LogP contribution in [0.2, 0.25) is 0 Å². The lowest BCUT2D eigenvalue weighted by Gasteiger charge is -2.05. The highest BCUT2D eigenvalue weighted by Gasteiger charge is 2.17. The summed E-state index contributed by atoms with van der Waals surface area (Å²) in [7, 11) is 0. The summed E-state index contributed by atoms with van der Waals surface area (Å²) < 4.78 is 6.54. The van der Waals surface area contributed by atoms with E-state index < -0.39 is 0 Å². The van der Waals surface area contributed by atoms with Crippen LogP contribution in [0.4, 0.5) is 0 Å². The van der Waals surface area contributed by atoms with Crippen LogP contribution in [-0.2, 0) is 6.42 Å². The van der Waals surface area contributed by atoms with Gasteiger partial charge in [-0.05, 0) is 42.3 Å². The molecule has 3 aromatic rings. The molecule has 5 nitrogen and oxygen atoms in total. The summed E-state index contributed by atoms with van der Waals surface area (Å²) in [5.41, 5.74) is 1.96. The number of hydrogen-bond acceptors (Lipinski definition) is 5. The van der Waals surface area contributed by atoms with Crippen molar-refractivity contribution in [3.05, 3.63) is 40.8 Å². The fourth-order valence-corrected chi connectivity index (χ4v) is 2.97. The van der Waals surface area contributed by atoms with Crippen molar-refractivity contribution < 1.29 is 0 Å². The van der Waals surface area contributed by atoms with Crippen LogP contribution >= 0.6 is 23.8 Å². The normalized spacial score (nSPS) is 10.8. The number of rotatable bonds is 4. The molecular formula is C13H13N5S2. The first-order valence-electron chi connectivity index (χ1n) is 6.35. The van der Waals surface area contributed by atoms with E-state index in [1.165, 1.54) is 11.5 Å². The summed E-state index contributed by atoms with van der Waals surface area (Å²) in [6.45, 7) is 2.12. The van der Waals surface area contributed by atoms with E-state index in [-0.39, 0.29) is 0 Å². The molecule has 7 heteroatoms. The standard InChI is InChI=1S/C13H13N5S2/c1-2-6-10-11(20-17-14-10)12-15-16-13(19)18(12)9-7-4-3-5-8-9/h3-5,7-8H,2,6H2,1H3,(H,16,19). The fraction of sp³-hybridized carbons (Fsp3) is 0.231. The van der Waals surface area contributed by atoms with Crippen molar-refractivity contribution in [3.63, 3.8) is 0 Å². The largest absolute Gasteiger partial charge is 0.267 e. The maximum absolute atomic E-state index is 5.35. The second kappa shape index (κ2) is 5.64. The van der Waals surface area contributed by atoms with Gasteiger partial charge in [-0.2, -0.15) is 5.10 Å². The zero-order valence-corrected chi connectivity index (χ0v) is 12.5. The monoisotopic (exact) mass is 303 g/mol. The molecule has 0 aliphatic heterocycles. The van der Waals surface area contributed by atoms with Crippen LogP contribution in [0.5, 0.6) is 0 Å². The summed E-state index contributed by atoms with van der Waals surface area (Å²) >= 11 is 6.70. The molecule has 0 spiro atoms. The van der Waals surface area contributed by atoms with E-state index >= 15 is 0 Å². The predicted octanol–water partition coefficient (Wildman–Crippen LogP) is 3.40. The Labute approximate surface area is 125 Å². The molecule has 3 rings (SSSR count). The van der Waals surface area contributed by atoms with E-state index in [0.717, 1.165) is 34.9 Å². The molecular weight excluding hydrogens is 290 g/mol. The minimum absolute atomic E-state index is 0.571. The van der Waals surface area contributed by atoms with Gasteiger partial charge in [0.25, 0.3) is 0 Å². The number of nitrogens with zero attached hydrogens (tertiary/aromatic N) is 4. The van der Waals surface area contributed by atoms with Gasteiger partial charge in [0, 0.05) is 5.69 Å². The topological polar surface area (TPSA) is 59.4 Å². The van der Waals surface area contributed by atoms with E-state index in [0.29, 0.717) is 4.77 Å². The zero-order chi connectivity index (χ0) is 13.9. The SMILES string of the molecule is CCCc1nnsc1-c1n[nH]c(=S)n1-c1ccccc1. The second-order valence-electron chi connectivity index (χ2n) is 4.32. The molecule has 20 heavy (non-hydrogen) atoms. The lowest BCUT2D eigenvalue weighted by molar-refractivity contribution is 0.868. The van der Waals surface area contributed by atoms with Crippen LogP contribution in [0.3, 0.4) is 0 Å². The molecule has 0 unspecified atom stereocenters. The molecule has 0 fully saturated rings. The molecule has 2 heterocycles. The third kappa shape index (κ3) is 2.30. The van der Waals surface area contributed by atoms with E-state index in [9.17, 15) is 0 Å². The molecule has 0 radical (unpaired) electrons. The molecule has 2 aromatic heterocycles. The van der Waals surface area contributed by atoms with E-state index in [4.69, 9.17) is 12.2 Å². The number of hydrogen-bond donors (Lipinski definition) is 1. The Morgan fingerprint density at radius 2 is 2.10 bits per heavy atom. The average molecular weight is 303 g/mol. The van der Waals surface area contributed by atoms with E-state index in [2.05, 4.69) is 26.7 Å². The Kier molecular flexibility index (Phi) is 3.70. The van der Waals surface area contributed by atoms with Crippen molar-refractivity contribution in [2.75, 3.05) is 0 Å². The molecule has 0 amide bonds. The summed E-state index contributed by atoms with van der Waals surface area (Å²) in [5.74, 6) is 0.777. The molecule has 1 aromatic carbocycles. The van der Waals surface area contributed by atoms with Crippen molar-refractivity contribution in [2.45, 2.75) is 19.8 Å². The minimum atomic E-state index is 0.571. The molecule has 102 valence electrons. The van der Waals surface area contributed by atoms with Crippen LogP contribution in [0.15, 0.2) is 30.3 Å². The van der Waals surface area contributed by atoms with Crippen molar-refractivity contribution >= 4 is 23.8 Å². The van der Waals surface area contributed by atoms with Gasteiger partial charge in [-0.25, -0.2) is 0 Å². The quantitative estimate of drug-likeness (QED) is 0.750. The van der Waals surface area contributed by atoms with Gasteiger partial charge in [-0.3, -0.25) is 9.67 Å². The van der Waals surface area contributed by atoms with Gasteiger partial charge in [0.1, 0.15) is 4.88 Å². The van der Waals surface area contributed by atoms with E-state index in [1.807, 2.05) is 34.9 Å². The summed E-state index contributed by atoms with van der Waals surface area (Å²) in [6.07, 6.45) is 1.91. The van der Waals surface area contributed by atoms with Crippen LogP contribution in [-0.4, -0.2) is 24.4 Å². The molecule has 0 saturated carbocycles. The number of nitrogens with one attached hydrogen (secondary N) is 1. The minimum Gasteiger partial charge on any atom is -0.267 e. The van der Waals surface area contributed by atoms with Gasteiger partial charge >= 0.3 is 0 Å². The van der Waals surface area contributed by atoms with Crippen molar-refractivity contribution in [1.82, 2.24) is 24.4 Å². The van der Waals surface area contributed by atoms with Crippen molar-refractivity contribution in [3.8, 4) is 16.4 Å². The number of H-pyrrole nitrogens is 1. The predicted molar refractivity (Wildman–Crippen MR) is 81.6 cm³/mol. The fourth-order valence-electron chi connectivity index (χ4n) is 2.04.